The first-order valence-corrected chi connectivity index (χ1v) is 6.74. The van der Waals surface area contributed by atoms with Crippen molar-refractivity contribution < 1.29 is 19.4 Å². The molecule has 1 N–H and O–H groups in total. The first kappa shape index (κ1) is 14.7. The molecule has 2 unspecified atom stereocenters. The minimum atomic E-state index is -0.858. The van der Waals surface area contributed by atoms with Gasteiger partial charge in [0.1, 0.15) is 5.75 Å². The molecule has 108 valence electrons. The van der Waals surface area contributed by atoms with Gasteiger partial charge in [0.2, 0.25) is 0 Å². The molecule has 2 atom stereocenters. The van der Waals surface area contributed by atoms with Crippen LogP contribution < -0.4 is 4.74 Å². The average molecular weight is 298 g/mol. The van der Waals surface area contributed by atoms with Crippen LogP contribution in [0.4, 0.5) is 0 Å². The lowest BCUT2D eigenvalue weighted by molar-refractivity contribution is -0.142. The second-order valence-corrected chi connectivity index (χ2v) is 5.40. The van der Waals surface area contributed by atoms with Crippen LogP contribution in [0.5, 0.6) is 5.75 Å². The van der Waals surface area contributed by atoms with E-state index < -0.39 is 11.9 Å². The molecule has 1 saturated heterocycles. The average Bonchev–Trinajstić information content (AvgIpc) is 2.78. The van der Waals surface area contributed by atoms with Crippen molar-refractivity contribution in [3.8, 4) is 5.75 Å². The molecule has 0 aliphatic carbocycles. The number of halogens is 1. The summed E-state index contributed by atoms with van der Waals surface area (Å²) < 4.78 is 5.37. The van der Waals surface area contributed by atoms with E-state index in [0.717, 1.165) is 0 Å². The molecule has 0 radical (unpaired) electrons. The summed E-state index contributed by atoms with van der Waals surface area (Å²) in [5.41, 5.74) is 0. The smallest absolute Gasteiger partial charge is 0.308 e. The fraction of sp³-hybridized carbons (Fsp3) is 0.429. The van der Waals surface area contributed by atoms with Crippen LogP contribution in [0.2, 0.25) is 5.02 Å². The van der Waals surface area contributed by atoms with E-state index in [9.17, 15) is 9.59 Å². The monoisotopic (exact) mass is 297 g/mol. The Hall–Kier alpha value is -1.75. The Morgan fingerprint density at radius 1 is 1.45 bits per heavy atom. The lowest BCUT2D eigenvalue weighted by atomic mass is 9.99. The standard InChI is InChI=1S/C14H16ClNO4/c1-9-6-16(7-12(9)14(18)19)13(17)8-20-11-4-2-3-10(15)5-11/h2-5,9,12H,6-8H2,1H3,(H,18,19). The van der Waals surface area contributed by atoms with Gasteiger partial charge in [0.05, 0.1) is 5.92 Å². The first-order chi connectivity index (χ1) is 9.47. The van der Waals surface area contributed by atoms with Gasteiger partial charge >= 0.3 is 5.97 Å². The van der Waals surface area contributed by atoms with E-state index in [2.05, 4.69) is 0 Å². The first-order valence-electron chi connectivity index (χ1n) is 6.36. The Balaban J connectivity index is 1.88. The predicted octanol–water partition coefficient (Wildman–Crippen LogP) is 1.90. The number of benzene rings is 1. The van der Waals surface area contributed by atoms with Crippen molar-refractivity contribution in [2.45, 2.75) is 6.92 Å². The predicted molar refractivity (Wildman–Crippen MR) is 73.8 cm³/mol. The fourth-order valence-corrected chi connectivity index (χ4v) is 2.47. The molecule has 1 aromatic carbocycles. The van der Waals surface area contributed by atoms with Crippen molar-refractivity contribution in [3.05, 3.63) is 29.3 Å². The summed E-state index contributed by atoms with van der Waals surface area (Å²) in [5, 5.41) is 9.58. The van der Waals surface area contributed by atoms with Gasteiger partial charge in [0, 0.05) is 18.1 Å². The largest absolute Gasteiger partial charge is 0.484 e. The van der Waals surface area contributed by atoms with Gasteiger partial charge < -0.3 is 14.7 Å². The molecule has 1 aliphatic rings. The van der Waals surface area contributed by atoms with Crippen LogP contribution in [0.15, 0.2) is 24.3 Å². The number of carboxylic acids is 1. The molecule has 1 fully saturated rings. The molecule has 1 heterocycles. The number of amides is 1. The van der Waals surface area contributed by atoms with E-state index in [1.165, 1.54) is 4.90 Å². The van der Waals surface area contributed by atoms with Crippen LogP contribution in [0, 0.1) is 11.8 Å². The summed E-state index contributed by atoms with van der Waals surface area (Å²) in [6.45, 7) is 2.42. The van der Waals surface area contributed by atoms with Crippen LogP contribution in [0.25, 0.3) is 0 Å². The van der Waals surface area contributed by atoms with Gasteiger partial charge in [-0.1, -0.05) is 24.6 Å². The van der Waals surface area contributed by atoms with Gasteiger partial charge in [0.15, 0.2) is 6.61 Å². The molecule has 5 nitrogen and oxygen atoms in total. The number of likely N-dealkylation sites (tertiary alicyclic amines) is 1. The number of carboxylic acid groups (broad SMARTS) is 1. The minimum Gasteiger partial charge on any atom is -0.484 e. The zero-order chi connectivity index (χ0) is 14.7. The lowest BCUT2D eigenvalue weighted by Crippen LogP contribution is -2.33. The van der Waals surface area contributed by atoms with Gasteiger partial charge in [-0.3, -0.25) is 9.59 Å². The Morgan fingerprint density at radius 2 is 2.20 bits per heavy atom. The van der Waals surface area contributed by atoms with E-state index >= 15 is 0 Å². The van der Waals surface area contributed by atoms with Crippen LogP contribution in [-0.2, 0) is 9.59 Å². The minimum absolute atomic E-state index is 0.0392. The van der Waals surface area contributed by atoms with Crippen LogP contribution >= 0.6 is 11.6 Å². The van der Waals surface area contributed by atoms with Crippen molar-refractivity contribution in [2.24, 2.45) is 11.8 Å². The highest BCUT2D eigenvalue weighted by Gasteiger charge is 2.36. The fourth-order valence-electron chi connectivity index (χ4n) is 2.29. The molecular formula is C14H16ClNO4. The summed E-state index contributed by atoms with van der Waals surface area (Å²) >= 11 is 5.82. The number of nitrogens with zero attached hydrogens (tertiary/aromatic N) is 1. The van der Waals surface area contributed by atoms with E-state index in [0.29, 0.717) is 17.3 Å². The van der Waals surface area contributed by atoms with Gasteiger partial charge in [-0.05, 0) is 24.1 Å². The molecule has 0 aromatic heterocycles. The topological polar surface area (TPSA) is 66.8 Å². The normalized spacial score (nSPS) is 21.8. The summed E-state index contributed by atoms with van der Waals surface area (Å²) in [4.78, 5) is 24.5. The van der Waals surface area contributed by atoms with Gasteiger partial charge in [0.25, 0.3) is 5.91 Å². The zero-order valence-electron chi connectivity index (χ0n) is 11.1. The number of carbonyl (C=O) groups is 2. The van der Waals surface area contributed by atoms with E-state index in [1.54, 1.807) is 24.3 Å². The maximum atomic E-state index is 12.0. The molecule has 0 saturated carbocycles. The van der Waals surface area contributed by atoms with Crippen molar-refractivity contribution in [3.63, 3.8) is 0 Å². The number of hydrogen-bond acceptors (Lipinski definition) is 3. The number of rotatable bonds is 4. The summed E-state index contributed by atoms with van der Waals surface area (Å²) in [7, 11) is 0. The lowest BCUT2D eigenvalue weighted by Gasteiger charge is -2.16. The van der Waals surface area contributed by atoms with Crippen LogP contribution in [0.1, 0.15) is 6.92 Å². The highest BCUT2D eigenvalue weighted by molar-refractivity contribution is 6.30. The Morgan fingerprint density at radius 3 is 2.80 bits per heavy atom. The quantitative estimate of drug-likeness (QED) is 0.922. The van der Waals surface area contributed by atoms with E-state index in [-0.39, 0.29) is 25.0 Å². The van der Waals surface area contributed by atoms with Crippen molar-refractivity contribution in [2.75, 3.05) is 19.7 Å². The molecule has 0 bridgehead atoms. The highest BCUT2D eigenvalue weighted by Crippen LogP contribution is 2.23. The Labute approximate surface area is 122 Å². The Kier molecular flexibility index (Phi) is 4.49. The number of aliphatic carboxylic acids is 1. The second-order valence-electron chi connectivity index (χ2n) is 4.97. The molecule has 1 aliphatic heterocycles. The number of hydrogen-bond donors (Lipinski definition) is 1. The third-order valence-corrected chi connectivity index (χ3v) is 3.68. The molecule has 20 heavy (non-hydrogen) atoms. The number of carbonyl (C=O) groups excluding carboxylic acids is 1. The van der Waals surface area contributed by atoms with Crippen LogP contribution in [-0.4, -0.2) is 41.6 Å². The summed E-state index contributed by atoms with van der Waals surface area (Å²) in [5.74, 6) is -1.08. The third kappa shape index (κ3) is 3.42. The SMILES string of the molecule is CC1CN(C(=O)COc2cccc(Cl)c2)CC1C(=O)O. The highest BCUT2D eigenvalue weighted by atomic mass is 35.5. The van der Waals surface area contributed by atoms with Crippen LogP contribution in [0.3, 0.4) is 0 Å². The molecular weight excluding hydrogens is 282 g/mol. The molecule has 2 rings (SSSR count). The summed E-state index contributed by atoms with van der Waals surface area (Å²) in [6, 6.07) is 6.80. The van der Waals surface area contributed by atoms with Crippen molar-refractivity contribution >= 4 is 23.5 Å². The Bertz CT molecular complexity index is 520. The van der Waals surface area contributed by atoms with E-state index in [1.807, 2.05) is 6.92 Å². The van der Waals surface area contributed by atoms with Gasteiger partial charge in [-0.25, -0.2) is 0 Å². The van der Waals surface area contributed by atoms with Gasteiger partial charge in [-0.2, -0.15) is 0 Å². The zero-order valence-corrected chi connectivity index (χ0v) is 11.8. The number of ether oxygens (including phenoxy) is 1. The second kappa shape index (κ2) is 6.13. The van der Waals surface area contributed by atoms with Crippen molar-refractivity contribution in [1.29, 1.82) is 0 Å². The summed E-state index contributed by atoms with van der Waals surface area (Å²) in [6.07, 6.45) is 0. The maximum absolute atomic E-state index is 12.0. The molecule has 1 amide bonds. The third-order valence-electron chi connectivity index (χ3n) is 3.44. The maximum Gasteiger partial charge on any atom is 0.308 e. The van der Waals surface area contributed by atoms with Gasteiger partial charge in [-0.15, -0.1) is 0 Å². The van der Waals surface area contributed by atoms with Crippen molar-refractivity contribution in [1.82, 2.24) is 4.90 Å². The molecule has 0 spiro atoms. The molecule has 6 heteroatoms. The van der Waals surface area contributed by atoms with E-state index in [4.69, 9.17) is 21.4 Å². The molecule has 1 aromatic rings.